The first kappa shape index (κ1) is 16.7. The van der Waals surface area contributed by atoms with E-state index in [4.69, 9.17) is 32.7 Å². The van der Waals surface area contributed by atoms with Gasteiger partial charge in [-0.2, -0.15) is 0 Å². The lowest BCUT2D eigenvalue weighted by Crippen LogP contribution is -2.13. The third kappa shape index (κ3) is 3.58. The van der Waals surface area contributed by atoms with E-state index in [2.05, 4.69) is 4.72 Å². The first-order chi connectivity index (χ1) is 10.4. The van der Waals surface area contributed by atoms with Crippen LogP contribution in [-0.4, -0.2) is 22.6 Å². The highest BCUT2D eigenvalue weighted by Crippen LogP contribution is 2.32. The van der Waals surface area contributed by atoms with E-state index < -0.39 is 10.0 Å². The summed E-state index contributed by atoms with van der Waals surface area (Å²) in [4.78, 5) is -0.0617. The molecule has 2 aromatic carbocycles. The summed E-state index contributed by atoms with van der Waals surface area (Å²) in [5.41, 5.74) is 0.323. The summed E-state index contributed by atoms with van der Waals surface area (Å²) in [6.07, 6.45) is 0. The lowest BCUT2D eigenvalue weighted by molar-refractivity contribution is 0.355. The van der Waals surface area contributed by atoms with Crippen molar-refractivity contribution in [3.8, 4) is 11.5 Å². The second-order valence-electron chi connectivity index (χ2n) is 4.25. The summed E-state index contributed by atoms with van der Waals surface area (Å²) < 4.78 is 37.4. The van der Waals surface area contributed by atoms with E-state index in [1.165, 1.54) is 38.5 Å². The van der Waals surface area contributed by atoms with E-state index in [1.54, 1.807) is 12.1 Å². The van der Waals surface area contributed by atoms with E-state index in [1.807, 2.05) is 0 Å². The summed E-state index contributed by atoms with van der Waals surface area (Å²) in [6, 6.07) is 8.83. The van der Waals surface area contributed by atoms with Crippen molar-refractivity contribution < 1.29 is 17.9 Å². The van der Waals surface area contributed by atoms with Crippen molar-refractivity contribution in [2.24, 2.45) is 0 Å². The van der Waals surface area contributed by atoms with Gasteiger partial charge < -0.3 is 9.47 Å². The van der Waals surface area contributed by atoms with Crippen LogP contribution in [0.4, 0.5) is 5.69 Å². The number of anilines is 1. The predicted molar refractivity (Wildman–Crippen MR) is 86.8 cm³/mol. The maximum absolute atomic E-state index is 12.4. The van der Waals surface area contributed by atoms with Gasteiger partial charge in [-0.05, 0) is 30.3 Å². The zero-order valence-corrected chi connectivity index (χ0v) is 14.1. The van der Waals surface area contributed by atoms with Crippen LogP contribution in [0.15, 0.2) is 41.3 Å². The smallest absolute Gasteiger partial charge is 0.263 e. The topological polar surface area (TPSA) is 64.6 Å². The minimum atomic E-state index is -3.84. The Morgan fingerprint density at radius 2 is 1.64 bits per heavy atom. The van der Waals surface area contributed by atoms with Crippen molar-refractivity contribution >= 4 is 38.9 Å². The number of benzene rings is 2. The van der Waals surface area contributed by atoms with Crippen LogP contribution in [0.25, 0.3) is 0 Å². The van der Waals surface area contributed by atoms with E-state index in [-0.39, 0.29) is 9.92 Å². The predicted octanol–water partition coefficient (Wildman–Crippen LogP) is 3.81. The largest absolute Gasteiger partial charge is 0.493 e. The Balaban J connectivity index is 2.36. The van der Waals surface area contributed by atoms with Gasteiger partial charge in [-0.25, -0.2) is 8.42 Å². The summed E-state index contributed by atoms with van der Waals surface area (Å²) >= 11 is 11.7. The maximum Gasteiger partial charge on any atom is 0.263 e. The molecule has 5 nitrogen and oxygen atoms in total. The quantitative estimate of drug-likeness (QED) is 0.879. The fraction of sp³-hybridized carbons (Fsp3) is 0.143. The molecule has 0 heterocycles. The van der Waals surface area contributed by atoms with Gasteiger partial charge in [-0.3, -0.25) is 4.72 Å². The highest BCUT2D eigenvalue weighted by molar-refractivity contribution is 7.92. The monoisotopic (exact) mass is 361 g/mol. The molecular formula is C14H13Cl2NO4S. The van der Waals surface area contributed by atoms with Crippen LogP contribution < -0.4 is 14.2 Å². The van der Waals surface area contributed by atoms with Gasteiger partial charge in [0.25, 0.3) is 10.0 Å². The molecule has 0 unspecified atom stereocenters. The Morgan fingerprint density at radius 1 is 0.955 bits per heavy atom. The van der Waals surface area contributed by atoms with Gasteiger partial charge in [0, 0.05) is 11.1 Å². The SMILES string of the molecule is COc1ccc(NS(=O)(=O)c2ccc(Cl)cc2Cl)cc1OC. The molecule has 0 aliphatic carbocycles. The maximum atomic E-state index is 12.4. The number of hydrogen-bond donors (Lipinski definition) is 1. The molecule has 118 valence electrons. The molecule has 1 N–H and O–H groups in total. The summed E-state index contributed by atoms with van der Waals surface area (Å²) in [5, 5.41) is 0.399. The molecule has 0 atom stereocenters. The summed E-state index contributed by atoms with van der Waals surface area (Å²) in [6.45, 7) is 0. The van der Waals surface area contributed by atoms with Gasteiger partial charge in [0.05, 0.1) is 24.9 Å². The Labute approximate surface area is 138 Å². The molecule has 0 radical (unpaired) electrons. The van der Waals surface area contributed by atoms with Crippen LogP contribution in [0, 0.1) is 0 Å². The van der Waals surface area contributed by atoms with Crippen molar-refractivity contribution in [3.63, 3.8) is 0 Å². The third-order valence-electron chi connectivity index (χ3n) is 2.82. The molecule has 8 heteroatoms. The molecular weight excluding hydrogens is 349 g/mol. The molecule has 2 aromatic rings. The number of hydrogen-bond acceptors (Lipinski definition) is 4. The molecule has 0 saturated heterocycles. The van der Waals surface area contributed by atoms with E-state index in [0.29, 0.717) is 22.2 Å². The van der Waals surface area contributed by atoms with Crippen LogP contribution in [0.5, 0.6) is 11.5 Å². The standard InChI is InChI=1S/C14H13Cl2NO4S/c1-20-12-5-4-10(8-13(12)21-2)17-22(18,19)14-6-3-9(15)7-11(14)16/h3-8,17H,1-2H3. The van der Waals surface area contributed by atoms with Crippen LogP contribution in [0.3, 0.4) is 0 Å². The average Bonchev–Trinajstić information content (AvgIpc) is 2.46. The second-order valence-corrected chi connectivity index (χ2v) is 6.74. The Morgan fingerprint density at radius 3 is 2.23 bits per heavy atom. The minimum absolute atomic E-state index is 0.0421. The number of methoxy groups -OCH3 is 2. The molecule has 22 heavy (non-hydrogen) atoms. The molecule has 0 saturated carbocycles. The third-order valence-corrected chi connectivity index (χ3v) is 4.92. The molecule has 0 aromatic heterocycles. The van der Waals surface area contributed by atoms with E-state index >= 15 is 0 Å². The lowest BCUT2D eigenvalue weighted by atomic mass is 10.3. The fourth-order valence-corrected chi connectivity index (χ4v) is 3.63. The van der Waals surface area contributed by atoms with Gasteiger partial charge in [0.1, 0.15) is 4.90 Å². The molecule has 0 amide bonds. The van der Waals surface area contributed by atoms with Gasteiger partial charge in [0.15, 0.2) is 11.5 Å². The van der Waals surface area contributed by atoms with Crippen LogP contribution in [0.1, 0.15) is 0 Å². The first-order valence-electron chi connectivity index (χ1n) is 6.07. The van der Waals surface area contributed by atoms with Crippen LogP contribution in [-0.2, 0) is 10.0 Å². The van der Waals surface area contributed by atoms with Gasteiger partial charge >= 0.3 is 0 Å². The Bertz CT molecular complexity index is 793. The van der Waals surface area contributed by atoms with Crippen LogP contribution in [0.2, 0.25) is 10.0 Å². The number of nitrogens with one attached hydrogen (secondary N) is 1. The Kier molecular flexibility index (Phi) is 5.05. The van der Waals surface area contributed by atoms with Crippen molar-refractivity contribution in [3.05, 3.63) is 46.4 Å². The molecule has 0 bridgehead atoms. The number of sulfonamides is 1. The minimum Gasteiger partial charge on any atom is -0.493 e. The van der Waals surface area contributed by atoms with Gasteiger partial charge in [-0.1, -0.05) is 23.2 Å². The van der Waals surface area contributed by atoms with Crippen molar-refractivity contribution in [1.82, 2.24) is 0 Å². The van der Waals surface area contributed by atoms with Crippen LogP contribution >= 0.6 is 23.2 Å². The lowest BCUT2D eigenvalue weighted by Gasteiger charge is -2.12. The number of halogens is 2. The number of rotatable bonds is 5. The summed E-state index contributed by atoms with van der Waals surface area (Å²) in [5.74, 6) is 0.903. The first-order valence-corrected chi connectivity index (χ1v) is 8.31. The average molecular weight is 362 g/mol. The molecule has 0 aliphatic rings. The summed E-state index contributed by atoms with van der Waals surface area (Å²) in [7, 11) is -0.883. The second kappa shape index (κ2) is 6.64. The fourth-order valence-electron chi connectivity index (χ4n) is 1.80. The zero-order valence-electron chi connectivity index (χ0n) is 11.8. The highest BCUT2D eigenvalue weighted by atomic mass is 35.5. The zero-order chi connectivity index (χ0) is 16.3. The van der Waals surface area contributed by atoms with Crippen molar-refractivity contribution in [2.75, 3.05) is 18.9 Å². The van der Waals surface area contributed by atoms with E-state index in [9.17, 15) is 8.42 Å². The molecule has 0 aliphatic heterocycles. The molecule has 0 fully saturated rings. The molecule has 2 rings (SSSR count). The van der Waals surface area contributed by atoms with E-state index in [0.717, 1.165) is 0 Å². The van der Waals surface area contributed by atoms with Crippen molar-refractivity contribution in [2.45, 2.75) is 4.90 Å². The molecule has 0 spiro atoms. The number of ether oxygens (including phenoxy) is 2. The normalized spacial score (nSPS) is 11.1. The van der Waals surface area contributed by atoms with Gasteiger partial charge in [0.2, 0.25) is 0 Å². The Hall–Kier alpha value is -1.63. The van der Waals surface area contributed by atoms with Gasteiger partial charge in [-0.15, -0.1) is 0 Å². The van der Waals surface area contributed by atoms with Crippen molar-refractivity contribution in [1.29, 1.82) is 0 Å². The highest BCUT2D eigenvalue weighted by Gasteiger charge is 2.19.